The minimum atomic E-state index is -0.930. The van der Waals surface area contributed by atoms with Crippen molar-refractivity contribution < 1.29 is 38.1 Å². The number of aliphatic hydroxyl groups excluding tert-OH is 1. The van der Waals surface area contributed by atoms with Gasteiger partial charge in [-0.15, -0.1) is 0 Å². The number of epoxide rings is 1. The molecule has 2 heterocycles. The Morgan fingerprint density at radius 1 is 1.05 bits per heavy atom. The second-order valence-electron chi connectivity index (χ2n) is 13.5. The summed E-state index contributed by atoms with van der Waals surface area (Å²) in [5.74, 6) is -1.99. The zero-order valence-corrected chi connectivity index (χ0v) is 23.1. The molecular formula is C30H38O8. The Morgan fingerprint density at radius 3 is 2.34 bits per heavy atom. The first-order chi connectivity index (χ1) is 17.7. The number of aliphatic hydroxyl groups is 1. The van der Waals surface area contributed by atoms with Crippen molar-refractivity contribution in [1.82, 2.24) is 0 Å². The largest absolute Gasteiger partial charge is 0.472 e. The van der Waals surface area contributed by atoms with Crippen LogP contribution in [0, 0.1) is 33.5 Å². The molecule has 4 fully saturated rings. The first-order valence-corrected chi connectivity index (χ1v) is 13.6. The van der Waals surface area contributed by atoms with Crippen LogP contribution < -0.4 is 0 Å². The van der Waals surface area contributed by atoms with Crippen LogP contribution in [0.5, 0.6) is 0 Å². The summed E-state index contributed by atoms with van der Waals surface area (Å²) in [5, 5.41) is 12.1. The topological polar surface area (TPSA) is 116 Å². The molecule has 1 spiro atoms. The Bertz CT molecular complexity index is 1230. The van der Waals surface area contributed by atoms with Crippen LogP contribution in [-0.2, 0) is 28.6 Å². The van der Waals surface area contributed by atoms with Gasteiger partial charge in [0.05, 0.1) is 24.7 Å². The van der Waals surface area contributed by atoms with Crippen LogP contribution in [0.25, 0.3) is 0 Å². The number of carbonyl (C=O) groups is 3. The Morgan fingerprint density at radius 2 is 1.74 bits per heavy atom. The molecule has 0 radical (unpaired) electrons. The maximum absolute atomic E-state index is 13.2. The van der Waals surface area contributed by atoms with Crippen molar-refractivity contribution in [3.63, 3.8) is 0 Å². The van der Waals surface area contributed by atoms with Crippen molar-refractivity contribution in [3.8, 4) is 0 Å². The van der Waals surface area contributed by atoms with Crippen molar-refractivity contribution >= 4 is 17.7 Å². The number of fused-ring (bicyclic) bond motifs is 3. The van der Waals surface area contributed by atoms with E-state index < -0.39 is 69.3 Å². The van der Waals surface area contributed by atoms with Crippen molar-refractivity contribution in [3.05, 3.63) is 36.3 Å². The van der Waals surface area contributed by atoms with Gasteiger partial charge in [0.1, 0.15) is 17.8 Å². The van der Waals surface area contributed by atoms with E-state index in [1.807, 2.05) is 39.8 Å². The maximum Gasteiger partial charge on any atom is 0.303 e. The minimum Gasteiger partial charge on any atom is -0.472 e. The van der Waals surface area contributed by atoms with Gasteiger partial charge in [-0.05, 0) is 41.9 Å². The standard InChI is InChI=1S/C30H38O8/c1-15(31)36-22-24-26(3,4)20(34)8-10-27(24,5)23-19(33)13-28(6)18(17-9-11-35-14-17)12-21-30(28,38-21)29(23,7)25(22)37-16(2)32/h8-11,14,18-19,21-25,33H,12-13H2,1-7H3/t18-,19+,21+,22+,23+,24-,25+,27+,28-,29-,30+/m0/s1. The number of carbonyl (C=O) groups excluding carboxylic acids is 3. The highest BCUT2D eigenvalue weighted by atomic mass is 16.6. The normalized spacial score (nSPS) is 49.8. The minimum absolute atomic E-state index is 0.0722. The Kier molecular flexibility index (Phi) is 5.16. The highest BCUT2D eigenvalue weighted by Gasteiger charge is 2.89. The number of hydrogen-bond donors (Lipinski definition) is 1. The second kappa shape index (κ2) is 7.60. The maximum atomic E-state index is 13.2. The highest BCUT2D eigenvalue weighted by molar-refractivity contribution is 5.96. The van der Waals surface area contributed by atoms with Crippen LogP contribution in [0.4, 0.5) is 0 Å². The highest BCUT2D eigenvalue weighted by Crippen LogP contribution is 2.82. The zero-order chi connectivity index (χ0) is 27.6. The summed E-state index contributed by atoms with van der Waals surface area (Å²) in [4.78, 5) is 38.5. The molecule has 4 aliphatic carbocycles. The lowest BCUT2D eigenvalue weighted by Crippen LogP contribution is -2.77. The molecular weight excluding hydrogens is 488 g/mol. The number of ketones is 1. The monoisotopic (exact) mass is 526 g/mol. The van der Waals surface area contributed by atoms with Gasteiger partial charge in [-0.2, -0.15) is 0 Å². The van der Waals surface area contributed by atoms with Crippen LogP contribution in [0.3, 0.4) is 0 Å². The second-order valence-corrected chi connectivity index (χ2v) is 13.5. The molecule has 38 heavy (non-hydrogen) atoms. The van der Waals surface area contributed by atoms with Gasteiger partial charge in [-0.25, -0.2) is 0 Å². The van der Waals surface area contributed by atoms with Crippen molar-refractivity contribution in [2.75, 3.05) is 0 Å². The summed E-state index contributed by atoms with van der Waals surface area (Å²) < 4.78 is 24.4. The molecule has 1 aliphatic heterocycles. The van der Waals surface area contributed by atoms with Gasteiger partial charge in [-0.3, -0.25) is 14.4 Å². The smallest absolute Gasteiger partial charge is 0.303 e. The van der Waals surface area contributed by atoms with Crippen LogP contribution in [0.15, 0.2) is 35.2 Å². The first-order valence-electron chi connectivity index (χ1n) is 13.6. The summed E-state index contributed by atoms with van der Waals surface area (Å²) >= 11 is 0. The number of rotatable bonds is 3. The van der Waals surface area contributed by atoms with Crippen molar-refractivity contribution in [1.29, 1.82) is 0 Å². The van der Waals surface area contributed by atoms with Crippen LogP contribution in [-0.4, -0.2) is 52.8 Å². The molecule has 6 rings (SSSR count). The van der Waals surface area contributed by atoms with Gasteiger partial charge in [0, 0.05) is 41.9 Å². The van der Waals surface area contributed by atoms with E-state index >= 15 is 0 Å². The third-order valence-electron chi connectivity index (χ3n) is 11.4. The summed E-state index contributed by atoms with van der Waals surface area (Å²) in [6, 6.07) is 1.97. The average Bonchev–Trinajstić information content (AvgIpc) is 3.17. The lowest BCUT2D eigenvalue weighted by atomic mass is 9.35. The van der Waals surface area contributed by atoms with E-state index in [1.54, 1.807) is 18.6 Å². The van der Waals surface area contributed by atoms with E-state index in [0.717, 1.165) is 12.0 Å². The molecule has 0 unspecified atom stereocenters. The van der Waals surface area contributed by atoms with Crippen molar-refractivity contribution in [2.45, 2.75) is 97.2 Å². The average molecular weight is 527 g/mol. The number of furan rings is 1. The predicted molar refractivity (Wildman–Crippen MR) is 135 cm³/mol. The quantitative estimate of drug-likeness (QED) is 0.465. The first kappa shape index (κ1) is 25.8. The SMILES string of the molecule is CC(=O)O[C@H]1[C@@H](OC(C)=O)[C@]2(C)[C@H]([C@H](O)C[C@@]3(C)[C@H](c4ccoc4)C[C@H]4O[C@@]423)[C@@]2(C)C=CC(=O)C(C)(C)[C@H]12. The number of allylic oxidation sites excluding steroid dienone is 2. The van der Waals surface area contributed by atoms with E-state index in [1.165, 1.54) is 13.8 Å². The Balaban J connectivity index is 1.61. The lowest BCUT2D eigenvalue weighted by Gasteiger charge is -2.70. The number of ether oxygens (including phenoxy) is 3. The molecule has 0 amide bonds. The van der Waals surface area contributed by atoms with E-state index in [0.29, 0.717) is 6.42 Å². The third kappa shape index (κ3) is 2.81. The molecule has 8 nitrogen and oxygen atoms in total. The molecule has 206 valence electrons. The van der Waals surface area contributed by atoms with Gasteiger partial charge in [0.2, 0.25) is 0 Å². The van der Waals surface area contributed by atoms with Gasteiger partial charge < -0.3 is 23.7 Å². The molecule has 1 N–H and O–H groups in total. The molecule has 8 heteroatoms. The van der Waals surface area contributed by atoms with E-state index in [4.69, 9.17) is 18.6 Å². The molecule has 1 aromatic heterocycles. The van der Waals surface area contributed by atoms with Crippen LogP contribution >= 0.6 is 0 Å². The number of esters is 2. The number of hydrogen-bond acceptors (Lipinski definition) is 8. The van der Waals surface area contributed by atoms with Gasteiger partial charge in [0.15, 0.2) is 5.78 Å². The Hall–Kier alpha value is -2.45. The molecule has 5 aliphatic rings. The van der Waals surface area contributed by atoms with Gasteiger partial charge >= 0.3 is 11.9 Å². The zero-order valence-electron chi connectivity index (χ0n) is 23.1. The van der Waals surface area contributed by atoms with E-state index in [-0.39, 0.29) is 17.8 Å². The van der Waals surface area contributed by atoms with Crippen LogP contribution in [0.2, 0.25) is 0 Å². The van der Waals surface area contributed by atoms with E-state index in [2.05, 4.69) is 6.92 Å². The molecule has 11 atom stereocenters. The van der Waals surface area contributed by atoms with E-state index in [9.17, 15) is 19.5 Å². The summed E-state index contributed by atoms with van der Waals surface area (Å²) in [6.45, 7) is 12.6. The summed E-state index contributed by atoms with van der Waals surface area (Å²) in [7, 11) is 0. The van der Waals surface area contributed by atoms with Crippen LogP contribution in [0.1, 0.15) is 72.8 Å². The molecule has 3 saturated carbocycles. The fraction of sp³-hybridized carbons (Fsp3) is 0.700. The molecule has 0 bridgehead atoms. The lowest BCUT2D eigenvalue weighted by molar-refractivity contribution is -0.293. The Labute approximate surface area is 223 Å². The molecule has 1 aromatic rings. The molecule has 1 saturated heterocycles. The van der Waals surface area contributed by atoms with Gasteiger partial charge in [-0.1, -0.05) is 40.7 Å². The van der Waals surface area contributed by atoms with Gasteiger partial charge in [0.25, 0.3) is 0 Å². The fourth-order valence-electron chi connectivity index (χ4n) is 10.4. The predicted octanol–water partition coefficient (Wildman–Crippen LogP) is 3.96. The molecule has 0 aromatic carbocycles. The fourth-order valence-corrected chi connectivity index (χ4v) is 10.4. The summed E-state index contributed by atoms with van der Waals surface area (Å²) in [6.07, 6.45) is 5.42. The third-order valence-corrected chi connectivity index (χ3v) is 11.4. The summed E-state index contributed by atoms with van der Waals surface area (Å²) in [5.41, 5.74) is -2.79. The van der Waals surface area contributed by atoms with Crippen molar-refractivity contribution in [2.24, 2.45) is 33.5 Å².